The number of benzene rings is 1. The average Bonchev–Trinajstić information content (AvgIpc) is 3.49. The van der Waals surface area contributed by atoms with Gasteiger partial charge in [0.15, 0.2) is 5.60 Å². The predicted molar refractivity (Wildman–Crippen MR) is 181 cm³/mol. The molecule has 15 nitrogen and oxygen atoms in total. The number of oxime groups is 1. The Morgan fingerprint density at radius 1 is 1.14 bits per heavy atom. The maximum Gasteiger partial charge on any atom is 0.322 e. The first-order valence-corrected chi connectivity index (χ1v) is 17.3. The van der Waals surface area contributed by atoms with Crippen molar-refractivity contribution >= 4 is 58.7 Å². The maximum atomic E-state index is 14.5. The Morgan fingerprint density at radius 3 is 2.50 bits per heavy atom. The molecule has 2 saturated heterocycles. The molecule has 3 fully saturated rings. The van der Waals surface area contributed by atoms with Gasteiger partial charge in [-0.25, -0.2) is 4.79 Å². The van der Waals surface area contributed by atoms with Gasteiger partial charge in [-0.3, -0.25) is 34.1 Å². The summed E-state index contributed by atoms with van der Waals surface area (Å²) in [6, 6.07) is 2.17. The van der Waals surface area contributed by atoms with Crippen molar-refractivity contribution in [1.82, 2.24) is 31.5 Å². The quantitative estimate of drug-likeness (QED) is 0.149. The van der Waals surface area contributed by atoms with E-state index in [1.807, 2.05) is 13.0 Å². The molecule has 5 N–H and O–H groups in total. The van der Waals surface area contributed by atoms with Gasteiger partial charge in [0.1, 0.15) is 18.1 Å². The molecule has 16 heteroatoms. The Kier molecular flexibility index (Phi) is 10.8. The van der Waals surface area contributed by atoms with E-state index in [9.17, 15) is 33.6 Å². The summed E-state index contributed by atoms with van der Waals surface area (Å²) < 4.78 is 0. The number of halogens is 1. The number of hydrogen-bond acceptors (Lipinski definition) is 9. The third kappa shape index (κ3) is 8.60. The molecule has 3 aliphatic heterocycles. The van der Waals surface area contributed by atoms with Crippen LogP contribution in [0.5, 0.6) is 0 Å². The minimum absolute atomic E-state index is 0.0188. The lowest BCUT2D eigenvalue weighted by Crippen LogP contribution is -2.59. The second kappa shape index (κ2) is 14.8. The number of ketones is 1. The molecule has 1 saturated carbocycles. The zero-order valence-electron chi connectivity index (χ0n) is 28.6. The highest BCUT2D eigenvalue weighted by atomic mass is 35.5. The zero-order valence-corrected chi connectivity index (χ0v) is 29.4. The summed E-state index contributed by atoms with van der Waals surface area (Å²) in [7, 11) is 0. The first-order valence-electron chi connectivity index (χ1n) is 17.0. The molecule has 7 amide bonds. The van der Waals surface area contributed by atoms with Gasteiger partial charge >= 0.3 is 6.03 Å². The molecular formula is C34H44ClN7O8. The molecule has 270 valence electrons. The van der Waals surface area contributed by atoms with Crippen LogP contribution in [0.15, 0.2) is 29.4 Å². The summed E-state index contributed by atoms with van der Waals surface area (Å²) >= 11 is 6.22. The van der Waals surface area contributed by atoms with Crippen molar-refractivity contribution in [2.24, 2.45) is 10.6 Å². The standard InChI is InChI=1S/C34H44ClN7O8/c1-5-7-21(26(44)30(47)36-20-10-11-20)37-29(46)24-16-34(15-23(41-50-34)18-8-6-9-19(35)14-18)17-42(24)31(48)27(33(2,3)4)39-25(43)13-12-22-28(45)40-32(49)38-22/h6,8-9,14,20-22,24,27H,5,7,10-13,15-17H2,1-4H3,(H,36,47)(H,37,46)(H,39,43)(H2,38,40,45,49)/t21-,22?,24-,27+,34+/m0/s1. The normalized spacial score (nSPS) is 24.1. The Bertz CT molecular complexity index is 1610. The van der Waals surface area contributed by atoms with Crippen molar-refractivity contribution in [2.45, 2.75) is 115 Å². The smallest absolute Gasteiger partial charge is 0.322 e. The highest BCUT2D eigenvalue weighted by Gasteiger charge is 2.55. The van der Waals surface area contributed by atoms with Gasteiger partial charge in [0.2, 0.25) is 23.5 Å². The van der Waals surface area contributed by atoms with E-state index in [1.165, 1.54) is 4.90 Å². The second-order valence-corrected chi connectivity index (χ2v) is 15.0. The Hall–Kier alpha value is -4.53. The van der Waals surface area contributed by atoms with E-state index >= 15 is 0 Å². The molecule has 0 bridgehead atoms. The van der Waals surface area contributed by atoms with Crippen LogP contribution >= 0.6 is 11.6 Å². The van der Waals surface area contributed by atoms with Gasteiger partial charge in [0.05, 0.1) is 18.3 Å². The molecule has 1 aromatic rings. The number of imide groups is 1. The fraction of sp³-hybridized carbons (Fsp3) is 0.588. The van der Waals surface area contributed by atoms with Gasteiger partial charge in [-0.05, 0) is 43.2 Å². The summed E-state index contributed by atoms with van der Waals surface area (Å²) in [6.07, 6.45) is 2.46. The number of hydrogen-bond donors (Lipinski definition) is 5. The summed E-state index contributed by atoms with van der Waals surface area (Å²) in [6.45, 7) is 7.08. The SMILES string of the molecule is CCC[C@H](NC(=O)[C@@H]1C[C@]2(CC(c3cccc(Cl)c3)=NO2)CN1C(=O)[C@@H](NC(=O)CCC1NC(=O)NC1=O)C(C)(C)C)C(=O)C(=O)NC1CC1. The number of urea groups is 1. The predicted octanol–water partition coefficient (Wildman–Crippen LogP) is 1.46. The number of Topliss-reactive ketones (excluding diaryl/α,β-unsaturated/α-hetero) is 1. The van der Waals surface area contributed by atoms with Crippen molar-refractivity contribution < 1.29 is 38.4 Å². The molecule has 5 rings (SSSR count). The van der Waals surface area contributed by atoms with Crippen molar-refractivity contribution in [1.29, 1.82) is 0 Å². The summed E-state index contributed by atoms with van der Waals surface area (Å²) in [5, 5.41) is 17.6. The highest BCUT2D eigenvalue weighted by molar-refractivity contribution is 6.38. The van der Waals surface area contributed by atoms with Crippen LogP contribution in [0.1, 0.15) is 84.6 Å². The average molecular weight is 714 g/mol. The molecule has 3 heterocycles. The van der Waals surface area contributed by atoms with Gasteiger partial charge in [-0.1, -0.05) is 63.0 Å². The lowest BCUT2D eigenvalue weighted by atomic mass is 9.85. The fourth-order valence-electron chi connectivity index (χ4n) is 6.41. The van der Waals surface area contributed by atoms with E-state index in [1.54, 1.807) is 39.0 Å². The third-order valence-corrected chi connectivity index (χ3v) is 9.50. The van der Waals surface area contributed by atoms with Crippen LogP contribution in [0.3, 0.4) is 0 Å². The number of carbonyl (C=O) groups is 7. The number of carbonyl (C=O) groups excluding carboxylic acids is 7. The van der Waals surface area contributed by atoms with Crippen LogP contribution in [0.2, 0.25) is 5.02 Å². The lowest BCUT2D eigenvalue weighted by Gasteiger charge is -2.35. The number of likely N-dealkylation sites (tertiary alicyclic amines) is 1. The number of amides is 7. The molecule has 0 radical (unpaired) electrons. The van der Waals surface area contributed by atoms with Crippen molar-refractivity contribution in [3.63, 3.8) is 0 Å². The van der Waals surface area contributed by atoms with Gasteiger partial charge in [-0.2, -0.15) is 0 Å². The van der Waals surface area contributed by atoms with Crippen LogP contribution in [0.4, 0.5) is 4.79 Å². The topological polar surface area (TPSA) is 204 Å². The third-order valence-electron chi connectivity index (χ3n) is 9.27. The number of nitrogens with one attached hydrogen (secondary N) is 5. The van der Waals surface area contributed by atoms with E-state index in [2.05, 4.69) is 31.7 Å². The summed E-state index contributed by atoms with van der Waals surface area (Å²) in [5.74, 6) is -3.77. The molecule has 50 heavy (non-hydrogen) atoms. The minimum Gasteiger partial charge on any atom is -0.387 e. The Morgan fingerprint density at radius 2 is 1.88 bits per heavy atom. The van der Waals surface area contributed by atoms with Gasteiger partial charge in [0, 0.05) is 35.9 Å². The second-order valence-electron chi connectivity index (χ2n) is 14.6. The number of nitrogens with zero attached hydrogens (tertiary/aromatic N) is 2. The van der Waals surface area contributed by atoms with E-state index in [-0.39, 0.29) is 44.7 Å². The Balaban J connectivity index is 1.37. The number of rotatable bonds is 13. The molecule has 0 aromatic heterocycles. The molecule has 4 aliphatic rings. The van der Waals surface area contributed by atoms with Crippen molar-refractivity contribution in [3.05, 3.63) is 34.9 Å². The molecular weight excluding hydrogens is 670 g/mol. The van der Waals surface area contributed by atoms with E-state index < -0.39 is 76.5 Å². The van der Waals surface area contributed by atoms with E-state index in [4.69, 9.17) is 16.4 Å². The first-order chi connectivity index (χ1) is 23.6. The highest BCUT2D eigenvalue weighted by Crippen LogP contribution is 2.40. The lowest BCUT2D eigenvalue weighted by molar-refractivity contribution is -0.145. The van der Waals surface area contributed by atoms with Crippen LogP contribution in [0.25, 0.3) is 0 Å². The van der Waals surface area contributed by atoms with E-state index in [0.29, 0.717) is 17.2 Å². The van der Waals surface area contributed by atoms with Gasteiger partial charge < -0.3 is 31.0 Å². The summed E-state index contributed by atoms with van der Waals surface area (Å²) in [4.78, 5) is 98.3. The summed E-state index contributed by atoms with van der Waals surface area (Å²) in [5.41, 5.74) is -0.616. The first kappa shape index (κ1) is 36.7. The largest absolute Gasteiger partial charge is 0.387 e. The van der Waals surface area contributed by atoms with Crippen molar-refractivity contribution in [3.8, 4) is 0 Å². The molecule has 1 aromatic carbocycles. The molecule has 1 unspecified atom stereocenters. The van der Waals surface area contributed by atoms with Gasteiger partial charge in [0.25, 0.3) is 11.8 Å². The maximum absolute atomic E-state index is 14.5. The Labute approximate surface area is 295 Å². The van der Waals surface area contributed by atoms with Crippen LogP contribution < -0.4 is 26.6 Å². The van der Waals surface area contributed by atoms with Crippen LogP contribution in [-0.2, 0) is 33.6 Å². The zero-order chi connectivity index (χ0) is 36.4. The van der Waals surface area contributed by atoms with E-state index in [0.717, 1.165) is 18.4 Å². The van der Waals surface area contributed by atoms with Gasteiger partial charge in [-0.15, -0.1) is 0 Å². The molecule has 1 aliphatic carbocycles. The molecule has 5 atom stereocenters. The van der Waals surface area contributed by atoms with Crippen LogP contribution in [-0.4, -0.2) is 94.3 Å². The molecule has 1 spiro atoms. The monoisotopic (exact) mass is 713 g/mol. The van der Waals surface area contributed by atoms with Crippen molar-refractivity contribution in [2.75, 3.05) is 6.54 Å². The fourth-order valence-corrected chi connectivity index (χ4v) is 6.60. The minimum atomic E-state index is -1.13. The van der Waals surface area contributed by atoms with Crippen LogP contribution in [0, 0.1) is 5.41 Å².